The van der Waals surface area contributed by atoms with Gasteiger partial charge in [-0.1, -0.05) is 17.7 Å². The Hall–Kier alpha value is -3.10. The molecule has 43 heavy (non-hydrogen) atoms. The third kappa shape index (κ3) is 6.27. The van der Waals surface area contributed by atoms with Gasteiger partial charge in [-0.25, -0.2) is 13.2 Å². The van der Waals surface area contributed by atoms with Crippen molar-refractivity contribution < 1.29 is 32.6 Å². The Morgan fingerprint density at radius 1 is 1.05 bits per heavy atom. The summed E-state index contributed by atoms with van der Waals surface area (Å²) in [6.07, 6.45) is 0.344. The van der Waals surface area contributed by atoms with Gasteiger partial charge in [0.15, 0.2) is 0 Å². The monoisotopic (exact) mass is 633 g/mol. The number of nitrogens with zero attached hydrogens (tertiary/aromatic N) is 3. The van der Waals surface area contributed by atoms with Crippen LogP contribution in [0, 0.1) is 0 Å². The normalized spacial score (nSPS) is 25.6. The third-order valence-electron chi connectivity index (χ3n) is 8.74. The van der Waals surface area contributed by atoms with Crippen molar-refractivity contribution in [1.29, 1.82) is 0 Å². The van der Waals surface area contributed by atoms with Crippen molar-refractivity contribution in [2.45, 2.75) is 48.3 Å². The molecule has 3 saturated heterocycles. The smallest absolute Gasteiger partial charge is 0.321 e. The molecule has 0 aromatic heterocycles. The van der Waals surface area contributed by atoms with Gasteiger partial charge in [-0.15, -0.1) is 0 Å². The second kappa shape index (κ2) is 12.1. The summed E-state index contributed by atoms with van der Waals surface area (Å²) in [7, 11) is -4.17. The van der Waals surface area contributed by atoms with Gasteiger partial charge in [-0.3, -0.25) is 4.79 Å². The number of carbonyl (C=O) groups excluding carboxylic acids is 2. The first-order valence-electron chi connectivity index (χ1n) is 14.6. The van der Waals surface area contributed by atoms with Crippen LogP contribution in [0.25, 0.3) is 0 Å². The van der Waals surface area contributed by atoms with Crippen LogP contribution in [0.1, 0.15) is 25.7 Å². The van der Waals surface area contributed by atoms with Crippen LogP contribution in [0.5, 0.6) is 5.75 Å². The molecule has 3 amide bonds. The Kier molecular flexibility index (Phi) is 8.44. The number of halogens is 1. The lowest BCUT2D eigenvalue weighted by atomic mass is 9.84. The molecule has 0 aliphatic carbocycles. The summed E-state index contributed by atoms with van der Waals surface area (Å²) in [5.74, 6) is -0.239. The van der Waals surface area contributed by atoms with Gasteiger partial charge in [0, 0.05) is 73.6 Å². The maximum atomic E-state index is 13.9. The Morgan fingerprint density at radius 3 is 2.56 bits per heavy atom. The van der Waals surface area contributed by atoms with Crippen LogP contribution < -0.4 is 20.3 Å². The summed E-state index contributed by atoms with van der Waals surface area (Å²) in [4.78, 5) is 30.5. The lowest BCUT2D eigenvalue weighted by Gasteiger charge is -2.43. The fourth-order valence-electron chi connectivity index (χ4n) is 6.30. The second-order valence-electron chi connectivity index (χ2n) is 11.5. The van der Waals surface area contributed by atoms with Gasteiger partial charge < -0.3 is 35.0 Å². The van der Waals surface area contributed by atoms with Crippen LogP contribution >= 0.6 is 11.6 Å². The predicted octanol–water partition coefficient (Wildman–Crippen LogP) is 2.27. The van der Waals surface area contributed by atoms with Crippen LogP contribution in [0.15, 0.2) is 47.4 Å². The van der Waals surface area contributed by atoms with E-state index in [-0.39, 0.29) is 36.2 Å². The number of amides is 3. The number of hydrogen-bond acceptors (Lipinski definition) is 8. The molecule has 232 valence electrons. The number of aliphatic hydroxyl groups is 1. The van der Waals surface area contributed by atoms with Gasteiger partial charge in [-0.2, -0.15) is 4.31 Å². The minimum Gasteiger partial charge on any atom is -0.492 e. The number of urea groups is 1. The van der Waals surface area contributed by atoms with E-state index >= 15 is 0 Å². The number of aliphatic hydroxyl groups excluding tert-OH is 1. The van der Waals surface area contributed by atoms with E-state index in [2.05, 4.69) is 15.5 Å². The zero-order valence-corrected chi connectivity index (χ0v) is 25.3. The molecule has 4 heterocycles. The van der Waals surface area contributed by atoms with Crippen molar-refractivity contribution in [1.82, 2.24) is 14.5 Å². The zero-order valence-electron chi connectivity index (χ0n) is 23.7. The average molecular weight is 634 g/mol. The highest BCUT2D eigenvalue weighted by Crippen LogP contribution is 2.37. The molecule has 2 aromatic carbocycles. The lowest BCUT2D eigenvalue weighted by molar-refractivity contribution is -0.127. The highest BCUT2D eigenvalue weighted by Gasteiger charge is 2.47. The molecule has 2 aromatic rings. The average Bonchev–Trinajstić information content (AvgIpc) is 3.40. The van der Waals surface area contributed by atoms with Crippen LogP contribution in [-0.4, -0.2) is 105 Å². The van der Waals surface area contributed by atoms with Crippen LogP contribution in [0.3, 0.4) is 0 Å². The first kappa shape index (κ1) is 29.9. The Morgan fingerprint density at radius 2 is 1.81 bits per heavy atom. The molecule has 14 heteroatoms. The van der Waals surface area contributed by atoms with E-state index in [0.717, 1.165) is 9.99 Å². The van der Waals surface area contributed by atoms with Gasteiger partial charge in [0.2, 0.25) is 15.9 Å². The number of rotatable bonds is 2. The number of morpholine rings is 1. The molecular formula is C29H36ClN5O7S. The molecule has 0 radical (unpaired) electrons. The number of carbonyl (C=O) groups is 2. The minimum atomic E-state index is -4.17. The molecule has 3 N–H and O–H groups in total. The number of ether oxygens (including phenoxy) is 2. The van der Waals surface area contributed by atoms with Gasteiger partial charge in [0.1, 0.15) is 16.7 Å². The second-order valence-corrected chi connectivity index (χ2v) is 13.8. The summed E-state index contributed by atoms with van der Waals surface area (Å²) in [6, 6.07) is 10.6. The first-order chi connectivity index (χ1) is 20.6. The molecule has 12 nitrogen and oxygen atoms in total. The number of benzene rings is 2. The quantitative estimate of drug-likeness (QED) is 0.458. The molecule has 0 unspecified atom stereocenters. The predicted molar refractivity (Wildman–Crippen MR) is 160 cm³/mol. The van der Waals surface area contributed by atoms with E-state index in [9.17, 15) is 23.1 Å². The summed E-state index contributed by atoms with van der Waals surface area (Å²) in [6.45, 7) is 3.23. The number of sulfonamides is 1. The van der Waals surface area contributed by atoms with Gasteiger partial charge in [0.05, 0.1) is 25.9 Å². The van der Waals surface area contributed by atoms with E-state index < -0.39 is 33.6 Å². The maximum Gasteiger partial charge on any atom is 0.321 e. The third-order valence-corrected chi connectivity index (χ3v) is 10.9. The molecule has 0 bridgehead atoms. The molecule has 6 rings (SSSR count). The molecule has 2 atom stereocenters. The van der Waals surface area contributed by atoms with Crippen molar-refractivity contribution in [3.63, 3.8) is 0 Å². The van der Waals surface area contributed by atoms with E-state index in [1.165, 1.54) is 6.07 Å². The van der Waals surface area contributed by atoms with Crippen LogP contribution in [0.4, 0.5) is 16.2 Å². The highest BCUT2D eigenvalue weighted by atomic mass is 35.5. The van der Waals surface area contributed by atoms with E-state index in [0.29, 0.717) is 69.4 Å². The van der Waals surface area contributed by atoms with Crippen molar-refractivity contribution in [3.05, 3.63) is 47.5 Å². The first-order valence-corrected chi connectivity index (χ1v) is 16.4. The minimum absolute atomic E-state index is 0.00262. The largest absolute Gasteiger partial charge is 0.492 e. The summed E-state index contributed by atoms with van der Waals surface area (Å²) in [5, 5.41) is 17.0. The number of nitrogens with one attached hydrogen (secondary N) is 2. The fourth-order valence-corrected chi connectivity index (χ4v) is 8.24. The van der Waals surface area contributed by atoms with Gasteiger partial charge in [0.25, 0.3) is 0 Å². The zero-order chi connectivity index (χ0) is 30.2. The number of piperidine rings is 1. The van der Waals surface area contributed by atoms with E-state index in [1.807, 2.05) is 0 Å². The number of fused-ring (bicyclic) bond motifs is 2. The maximum absolute atomic E-state index is 13.9. The summed E-state index contributed by atoms with van der Waals surface area (Å²) < 4.78 is 40.6. The SMILES string of the molecule is O=C1NC2(CCOc3cc(N4CCOCC4)ccc3S(=O)(=O)N3C[C@H](O)C[C@@H]13)CCN(C(=O)Nc1cccc(Cl)c1)CC2. The Bertz CT molecular complexity index is 1480. The summed E-state index contributed by atoms with van der Waals surface area (Å²) >= 11 is 6.05. The summed E-state index contributed by atoms with van der Waals surface area (Å²) in [5.41, 5.74) is 0.692. The van der Waals surface area contributed by atoms with Gasteiger partial charge in [-0.05, 0) is 43.2 Å². The van der Waals surface area contributed by atoms with Crippen LogP contribution in [-0.2, 0) is 19.6 Å². The van der Waals surface area contributed by atoms with Crippen molar-refractivity contribution in [2.24, 2.45) is 0 Å². The van der Waals surface area contributed by atoms with E-state index in [4.69, 9.17) is 21.1 Å². The van der Waals surface area contributed by atoms with Gasteiger partial charge >= 0.3 is 6.03 Å². The van der Waals surface area contributed by atoms with Crippen molar-refractivity contribution in [2.75, 3.05) is 62.8 Å². The highest BCUT2D eigenvalue weighted by molar-refractivity contribution is 7.89. The molecule has 3 fully saturated rings. The topological polar surface area (TPSA) is 141 Å². The van der Waals surface area contributed by atoms with E-state index in [1.54, 1.807) is 41.3 Å². The molecule has 4 aliphatic heterocycles. The molecular weight excluding hydrogens is 598 g/mol. The lowest BCUT2D eigenvalue weighted by Crippen LogP contribution is -2.60. The number of likely N-dealkylation sites (tertiary alicyclic amines) is 1. The van der Waals surface area contributed by atoms with Crippen LogP contribution in [0.2, 0.25) is 5.02 Å². The molecule has 1 spiro atoms. The molecule has 4 aliphatic rings. The molecule has 0 saturated carbocycles. The Labute approximate surface area is 255 Å². The fraction of sp³-hybridized carbons (Fsp3) is 0.517. The Balaban J connectivity index is 1.25. The number of anilines is 2. The van der Waals surface area contributed by atoms with Crippen molar-refractivity contribution >= 4 is 44.9 Å². The van der Waals surface area contributed by atoms with Crippen molar-refractivity contribution in [3.8, 4) is 5.75 Å². The number of hydrogen-bond donors (Lipinski definition) is 3. The standard InChI is InChI=1S/C29H36ClN5O7S/c30-20-2-1-3-21(16-20)31-28(38)34-9-6-29(7-10-34)8-13-42-25-17-22(33-11-14-41-15-12-33)4-5-26(25)43(39,40)35-19-23(36)18-24(35)27(37)32-29/h1-5,16-17,23-24,36H,6-15,18-19H2,(H,31,38)(H,32,37)/t23-,24+/m1/s1.